The van der Waals surface area contributed by atoms with Crippen molar-refractivity contribution in [2.45, 2.75) is 6.61 Å². The van der Waals surface area contributed by atoms with Gasteiger partial charge in [-0.1, -0.05) is 0 Å². The van der Waals surface area contributed by atoms with Gasteiger partial charge in [0.25, 0.3) is 12.2 Å². The summed E-state index contributed by atoms with van der Waals surface area (Å²) in [5.74, 6) is 0.754. The Balaban J connectivity index is 2.40. The van der Waals surface area contributed by atoms with E-state index in [1.807, 2.05) is 0 Å². The molecule has 0 saturated carbocycles. The lowest BCUT2D eigenvalue weighted by atomic mass is 10.1. The van der Waals surface area contributed by atoms with Crippen LogP contribution in [0.2, 0.25) is 0 Å². The van der Waals surface area contributed by atoms with E-state index in [1.54, 1.807) is 0 Å². The average molecular weight is 239 g/mol. The van der Waals surface area contributed by atoms with Crippen LogP contribution in [-0.2, 0) is 16.1 Å². The summed E-state index contributed by atoms with van der Waals surface area (Å²) in [6.45, 7) is 0.810. The van der Waals surface area contributed by atoms with Gasteiger partial charge in [0.15, 0.2) is 11.5 Å². The van der Waals surface area contributed by atoms with Gasteiger partial charge in [-0.2, -0.15) is 0 Å². The fourth-order valence-electron chi connectivity index (χ4n) is 1.53. The van der Waals surface area contributed by atoms with Crippen LogP contribution in [0.5, 0.6) is 11.5 Å². The molecule has 0 N–H and O–H groups in total. The molecule has 1 aromatic carbocycles. The quantitative estimate of drug-likeness (QED) is 0.443. The van der Waals surface area contributed by atoms with Crippen LogP contribution < -0.4 is 9.47 Å². The zero-order chi connectivity index (χ0) is 12.3. The number of carbonyl (C=O) groups is 1. The third-order valence-electron chi connectivity index (χ3n) is 2.25. The predicted molar refractivity (Wildman–Crippen MR) is 54.9 cm³/mol. The van der Waals surface area contributed by atoms with Crippen molar-refractivity contribution in [1.29, 1.82) is 0 Å². The molecule has 17 heavy (non-hydrogen) atoms. The number of rotatable bonds is 4. The lowest BCUT2D eigenvalue weighted by Crippen LogP contribution is -2.16. The van der Waals surface area contributed by atoms with Crippen molar-refractivity contribution in [2.75, 3.05) is 13.2 Å². The number of nitro benzene ring substituents is 1. The molecule has 0 unspecified atom stereocenters. The monoisotopic (exact) mass is 239 g/mol. The Kier molecular flexibility index (Phi) is 3.08. The van der Waals surface area contributed by atoms with Crippen LogP contribution in [0.1, 0.15) is 5.56 Å². The van der Waals surface area contributed by atoms with Gasteiger partial charge in [-0.25, -0.2) is 0 Å². The van der Waals surface area contributed by atoms with Crippen molar-refractivity contribution in [2.24, 2.45) is 0 Å². The van der Waals surface area contributed by atoms with Crippen molar-refractivity contribution in [3.05, 3.63) is 27.8 Å². The number of hydrogen-bond acceptors (Lipinski definition) is 6. The Hall–Kier alpha value is -2.31. The first-order chi connectivity index (χ1) is 8.22. The Morgan fingerprint density at radius 3 is 2.59 bits per heavy atom. The number of nitro groups is 1. The smallest absolute Gasteiger partial charge is 0.293 e. The third kappa shape index (κ3) is 2.27. The fourth-order valence-corrected chi connectivity index (χ4v) is 1.53. The van der Waals surface area contributed by atoms with Crippen molar-refractivity contribution < 1.29 is 23.9 Å². The second-order valence-electron chi connectivity index (χ2n) is 3.29. The summed E-state index contributed by atoms with van der Waals surface area (Å²) in [5.41, 5.74) is 0.113. The van der Waals surface area contributed by atoms with Gasteiger partial charge in [0.05, 0.1) is 16.6 Å². The summed E-state index contributed by atoms with van der Waals surface area (Å²) in [7, 11) is 0. The van der Waals surface area contributed by atoms with Gasteiger partial charge >= 0.3 is 0 Å². The van der Waals surface area contributed by atoms with E-state index in [0.29, 0.717) is 24.7 Å². The first-order valence-electron chi connectivity index (χ1n) is 4.84. The van der Waals surface area contributed by atoms with E-state index in [1.165, 1.54) is 12.1 Å². The molecule has 1 aliphatic heterocycles. The van der Waals surface area contributed by atoms with Crippen LogP contribution in [-0.4, -0.2) is 24.6 Å². The minimum Gasteiger partial charge on any atom is -0.486 e. The molecule has 90 valence electrons. The summed E-state index contributed by atoms with van der Waals surface area (Å²) < 4.78 is 15.0. The highest BCUT2D eigenvalue weighted by atomic mass is 16.6. The number of benzene rings is 1. The summed E-state index contributed by atoms with van der Waals surface area (Å²) in [5, 5.41) is 10.8. The summed E-state index contributed by atoms with van der Waals surface area (Å²) >= 11 is 0. The normalized spacial score (nSPS) is 12.9. The summed E-state index contributed by atoms with van der Waals surface area (Å²) in [6, 6.07) is 2.73. The Labute approximate surface area is 96.0 Å². The first-order valence-corrected chi connectivity index (χ1v) is 4.84. The predicted octanol–water partition coefficient (Wildman–Crippen LogP) is 1.04. The van der Waals surface area contributed by atoms with Crippen LogP contribution >= 0.6 is 0 Å². The molecule has 1 aliphatic rings. The molecular formula is C10H9NO6. The van der Waals surface area contributed by atoms with E-state index in [4.69, 9.17) is 9.47 Å². The largest absolute Gasteiger partial charge is 0.486 e. The van der Waals surface area contributed by atoms with E-state index in [9.17, 15) is 14.9 Å². The minimum atomic E-state index is -0.554. The molecule has 0 bridgehead atoms. The van der Waals surface area contributed by atoms with Gasteiger partial charge < -0.3 is 14.2 Å². The molecule has 2 rings (SSSR count). The Morgan fingerprint density at radius 2 is 2.00 bits per heavy atom. The number of ether oxygens (including phenoxy) is 3. The topological polar surface area (TPSA) is 87.9 Å². The molecule has 0 saturated heterocycles. The van der Waals surface area contributed by atoms with E-state index in [2.05, 4.69) is 4.74 Å². The summed E-state index contributed by atoms with van der Waals surface area (Å²) in [6.07, 6.45) is 0. The van der Waals surface area contributed by atoms with Crippen LogP contribution in [0.15, 0.2) is 12.1 Å². The van der Waals surface area contributed by atoms with Crippen LogP contribution in [0.3, 0.4) is 0 Å². The van der Waals surface area contributed by atoms with Crippen molar-refractivity contribution in [3.8, 4) is 11.5 Å². The van der Waals surface area contributed by atoms with E-state index in [0.717, 1.165) is 0 Å². The van der Waals surface area contributed by atoms with Gasteiger partial charge in [0, 0.05) is 0 Å². The zero-order valence-electron chi connectivity index (χ0n) is 8.75. The SMILES string of the molecule is O=COCc1cc2c(cc1[N+](=O)[O-])OCCO2. The first kappa shape index (κ1) is 11.2. The lowest BCUT2D eigenvalue weighted by molar-refractivity contribution is -0.386. The summed E-state index contributed by atoms with van der Waals surface area (Å²) in [4.78, 5) is 20.4. The van der Waals surface area contributed by atoms with Gasteiger partial charge in [-0.15, -0.1) is 0 Å². The molecule has 1 heterocycles. The highest BCUT2D eigenvalue weighted by Crippen LogP contribution is 2.36. The molecule has 7 nitrogen and oxygen atoms in total. The standard InChI is InChI=1S/C10H9NO6/c12-6-15-5-7-3-9-10(17-2-1-16-9)4-8(7)11(13)14/h3-4,6H,1-2,5H2. The van der Waals surface area contributed by atoms with Crippen LogP contribution in [0.25, 0.3) is 0 Å². The molecule has 7 heteroatoms. The number of nitrogens with zero attached hydrogens (tertiary/aromatic N) is 1. The third-order valence-corrected chi connectivity index (χ3v) is 2.25. The molecule has 0 aliphatic carbocycles. The maximum atomic E-state index is 10.8. The van der Waals surface area contributed by atoms with Crippen LogP contribution in [0.4, 0.5) is 5.69 Å². The zero-order valence-corrected chi connectivity index (χ0v) is 8.75. The second kappa shape index (κ2) is 4.69. The van der Waals surface area contributed by atoms with Gasteiger partial charge in [0.2, 0.25) is 0 Å². The second-order valence-corrected chi connectivity index (χ2v) is 3.29. The molecule has 0 spiro atoms. The molecular weight excluding hydrogens is 230 g/mol. The molecule has 0 radical (unpaired) electrons. The number of fused-ring (bicyclic) bond motifs is 1. The molecule has 0 atom stereocenters. The minimum absolute atomic E-state index is 0.156. The average Bonchev–Trinajstić information content (AvgIpc) is 2.35. The molecule has 0 amide bonds. The van der Waals surface area contributed by atoms with E-state index >= 15 is 0 Å². The van der Waals surface area contributed by atoms with E-state index < -0.39 is 4.92 Å². The maximum Gasteiger partial charge on any atom is 0.293 e. The van der Waals surface area contributed by atoms with Gasteiger partial charge in [-0.3, -0.25) is 14.9 Å². The Bertz CT molecular complexity index is 458. The van der Waals surface area contributed by atoms with Gasteiger partial charge in [-0.05, 0) is 6.07 Å². The number of hydrogen-bond donors (Lipinski definition) is 0. The highest BCUT2D eigenvalue weighted by Gasteiger charge is 2.22. The molecule has 0 fully saturated rings. The maximum absolute atomic E-state index is 10.8. The highest BCUT2D eigenvalue weighted by molar-refractivity contribution is 5.55. The van der Waals surface area contributed by atoms with E-state index in [-0.39, 0.29) is 24.3 Å². The Morgan fingerprint density at radius 1 is 1.35 bits per heavy atom. The van der Waals surface area contributed by atoms with Gasteiger partial charge in [0.1, 0.15) is 19.8 Å². The lowest BCUT2D eigenvalue weighted by Gasteiger charge is -2.18. The number of carbonyl (C=O) groups excluding carboxylic acids is 1. The van der Waals surface area contributed by atoms with Crippen LogP contribution in [0, 0.1) is 10.1 Å². The molecule has 0 aromatic heterocycles. The van der Waals surface area contributed by atoms with Crippen molar-refractivity contribution in [1.82, 2.24) is 0 Å². The van der Waals surface area contributed by atoms with Crippen molar-refractivity contribution in [3.63, 3.8) is 0 Å². The van der Waals surface area contributed by atoms with Crippen molar-refractivity contribution >= 4 is 12.2 Å². The molecule has 1 aromatic rings. The fraction of sp³-hybridized carbons (Fsp3) is 0.300.